The molecule has 2 heterocycles. The lowest BCUT2D eigenvalue weighted by Crippen LogP contribution is -2.43. The van der Waals surface area contributed by atoms with Gasteiger partial charge >= 0.3 is 6.03 Å². The number of urea groups is 1. The quantitative estimate of drug-likeness (QED) is 0.800. The summed E-state index contributed by atoms with van der Waals surface area (Å²) in [7, 11) is 0. The van der Waals surface area contributed by atoms with Gasteiger partial charge in [0.05, 0.1) is 11.0 Å². The van der Waals surface area contributed by atoms with Gasteiger partial charge in [-0.2, -0.15) is 0 Å². The summed E-state index contributed by atoms with van der Waals surface area (Å²) < 4.78 is 2.15. The first kappa shape index (κ1) is 15.7. The summed E-state index contributed by atoms with van der Waals surface area (Å²) in [5.74, 6) is 0.974. The number of hydrogen-bond donors (Lipinski definition) is 1. The molecule has 5 heteroatoms. The number of carbonyl (C=O) groups excluding carboxylic acids is 1. The third kappa shape index (κ3) is 3.09. The highest BCUT2D eigenvalue weighted by Gasteiger charge is 2.19. The largest absolute Gasteiger partial charge is 0.336 e. The second kappa shape index (κ2) is 6.59. The number of nitrogens with one attached hydrogen (secondary N) is 1. The number of imidazole rings is 1. The van der Waals surface area contributed by atoms with Gasteiger partial charge in [0.1, 0.15) is 5.82 Å². The lowest BCUT2D eigenvalue weighted by atomic mass is 10.0. The van der Waals surface area contributed by atoms with Crippen LogP contribution in [0.1, 0.15) is 17.0 Å². The summed E-state index contributed by atoms with van der Waals surface area (Å²) in [6, 6.07) is 16.5. The Balaban J connectivity index is 1.37. The highest BCUT2D eigenvalue weighted by Crippen LogP contribution is 2.18. The molecule has 128 valence electrons. The van der Waals surface area contributed by atoms with Crippen LogP contribution in [0.5, 0.6) is 0 Å². The van der Waals surface area contributed by atoms with Gasteiger partial charge in [0.2, 0.25) is 0 Å². The van der Waals surface area contributed by atoms with Crippen LogP contribution in [0, 0.1) is 6.92 Å². The van der Waals surface area contributed by atoms with Gasteiger partial charge in [-0.25, -0.2) is 9.78 Å². The van der Waals surface area contributed by atoms with Crippen LogP contribution in [-0.2, 0) is 19.5 Å². The Morgan fingerprint density at radius 3 is 2.76 bits per heavy atom. The van der Waals surface area contributed by atoms with E-state index in [1.807, 2.05) is 36.1 Å². The van der Waals surface area contributed by atoms with Crippen molar-refractivity contribution in [2.45, 2.75) is 26.4 Å². The molecule has 0 aliphatic carbocycles. The van der Waals surface area contributed by atoms with Crippen LogP contribution in [0.3, 0.4) is 0 Å². The molecule has 0 radical (unpaired) electrons. The predicted octanol–water partition coefficient (Wildman–Crippen LogP) is 3.11. The maximum atomic E-state index is 12.5. The van der Waals surface area contributed by atoms with Crippen LogP contribution in [-0.4, -0.2) is 33.6 Å². The molecule has 0 unspecified atom stereocenters. The smallest absolute Gasteiger partial charge is 0.317 e. The highest BCUT2D eigenvalue weighted by molar-refractivity contribution is 5.76. The first-order valence-corrected chi connectivity index (χ1v) is 8.74. The Labute approximate surface area is 147 Å². The van der Waals surface area contributed by atoms with Crippen LogP contribution in [0.15, 0.2) is 48.5 Å². The number of fused-ring (bicyclic) bond motifs is 2. The first-order chi connectivity index (χ1) is 12.2. The van der Waals surface area contributed by atoms with Crippen molar-refractivity contribution in [2.24, 2.45) is 0 Å². The zero-order valence-electron chi connectivity index (χ0n) is 14.4. The van der Waals surface area contributed by atoms with Gasteiger partial charge < -0.3 is 14.8 Å². The Kier molecular flexibility index (Phi) is 4.14. The molecule has 0 atom stereocenters. The number of aryl methyl sites for hydroxylation is 1. The molecule has 1 N–H and O–H groups in total. The standard InChI is InChI=1S/C20H22N4O/c1-15-22-18-8-4-5-9-19(18)24(15)13-11-21-20(25)23-12-10-16-6-2-3-7-17(16)14-23/h2-9H,10-14H2,1H3,(H,21,25). The molecular weight excluding hydrogens is 312 g/mol. The van der Waals surface area contributed by atoms with Crippen molar-refractivity contribution in [3.63, 3.8) is 0 Å². The SMILES string of the molecule is Cc1nc2ccccc2n1CCNC(=O)N1CCc2ccccc2C1. The number of rotatable bonds is 3. The molecule has 0 spiro atoms. The first-order valence-electron chi connectivity index (χ1n) is 8.74. The second-order valence-corrected chi connectivity index (χ2v) is 6.47. The topological polar surface area (TPSA) is 50.2 Å². The Morgan fingerprint density at radius 2 is 1.88 bits per heavy atom. The molecule has 0 bridgehead atoms. The fourth-order valence-electron chi connectivity index (χ4n) is 3.53. The fraction of sp³-hybridized carbons (Fsp3) is 0.300. The number of nitrogens with zero attached hydrogens (tertiary/aromatic N) is 3. The molecule has 3 aromatic rings. The third-order valence-corrected chi connectivity index (χ3v) is 4.87. The minimum absolute atomic E-state index is 0.0107. The van der Waals surface area contributed by atoms with E-state index < -0.39 is 0 Å². The van der Waals surface area contributed by atoms with E-state index in [4.69, 9.17) is 0 Å². The molecule has 25 heavy (non-hydrogen) atoms. The molecule has 1 aliphatic rings. The average molecular weight is 334 g/mol. The van der Waals surface area contributed by atoms with Gasteiger partial charge in [-0.15, -0.1) is 0 Å². The predicted molar refractivity (Wildman–Crippen MR) is 98.4 cm³/mol. The zero-order valence-corrected chi connectivity index (χ0v) is 14.4. The van der Waals surface area contributed by atoms with Crippen LogP contribution in [0.25, 0.3) is 11.0 Å². The number of carbonyl (C=O) groups is 1. The third-order valence-electron chi connectivity index (χ3n) is 4.87. The molecule has 1 aliphatic heterocycles. The van der Waals surface area contributed by atoms with Crippen molar-refractivity contribution in [3.05, 3.63) is 65.5 Å². The second-order valence-electron chi connectivity index (χ2n) is 6.47. The van der Waals surface area contributed by atoms with E-state index in [9.17, 15) is 4.79 Å². The van der Waals surface area contributed by atoms with Crippen molar-refractivity contribution in [1.82, 2.24) is 19.8 Å². The number of aromatic nitrogens is 2. The molecule has 2 amide bonds. The van der Waals surface area contributed by atoms with Crippen LogP contribution < -0.4 is 5.32 Å². The Morgan fingerprint density at radius 1 is 1.12 bits per heavy atom. The number of benzene rings is 2. The normalized spacial score (nSPS) is 13.7. The summed E-state index contributed by atoms with van der Waals surface area (Å²) in [4.78, 5) is 18.9. The molecule has 5 nitrogen and oxygen atoms in total. The monoisotopic (exact) mass is 334 g/mol. The van der Waals surface area contributed by atoms with Gasteiger partial charge in [-0.05, 0) is 36.6 Å². The number of para-hydroxylation sites is 2. The fourth-order valence-corrected chi connectivity index (χ4v) is 3.53. The van der Waals surface area contributed by atoms with E-state index in [1.165, 1.54) is 11.1 Å². The van der Waals surface area contributed by atoms with Crippen molar-refractivity contribution >= 4 is 17.1 Å². The maximum absolute atomic E-state index is 12.5. The minimum Gasteiger partial charge on any atom is -0.336 e. The minimum atomic E-state index is 0.0107. The van der Waals surface area contributed by atoms with Crippen molar-refractivity contribution in [3.8, 4) is 0 Å². The summed E-state index contributed by atoms with van der Waals surface area (Å²) in [5, 5.41) is 3.05. The van der Waals surface area contributed by atoms with Crippen LogP contribution in [0.4, 0.5) is 4.79 Å². The molecule has 4 rings (SSSR count). The average Bonchev–Trinajstić information content (AvgIpc) is 2.96. The van der Waals surface area contributed by atoms with Gasteiger partial charge in [-0.3, -0.25) is 0 Å². The van der Waals surface area contributed by atoms with E-state index in [1.54, 1.807) is 0 Å². The highest BCUT2D eigenvalue weighted by atomic mass is 16.2. The van der Waals surface area contributed by atoms with Crippen molar-refractivity contribution in [1.29, 1.82) is 0 Å². The zero-order chi connectivity index (χ0) is 17.2. The number of amides is 2. The Hall–Kier alpha value is -2.82. The van der Waals surface area contributed by atoms with Gasteiger partial charge in [-0.1, -0.05) is 36.4 Å². The van der Waals surface area contributed by atoms with Gasteiger partial charge in [0, 0.05) is 26.2 Å². The van der Waals surface area contributed by atoms with Crippen LogP contribution in [0.2, 0.25) is 0 Å². The molecule has 0 fully saturated rings. The van der Waals surface area contributed by atoms with Gasteiger partial charge in [0.15, 0.2) is 0 Å². The summed E-state index contributed by atoms with van der Waals surface area (Å²) in [6.07, 6.45) is 0.925. The van der Waals surface area contributed by atoms with Crippen LogP contribution >= 0.6 is 0 Å². The van der Waals surface area contributed by atoms with E-state index in [0.717, 1.165) is 36.4 Å². The molecule has 0 saturated carbocycles. The van der Waals surface area contributed by atoms with E-state index in [2.05, 4.69) is 39.1 Å². The lowest BCUT2D eigenvalue weighted by molar-refractivity contribution is 0.192. The summed E-state index contributed by atoms with van der Waals surface area (Å²) >= 11 is 0. The maximum Gasteiger partial charge on any atom is 0.317 e. The van der Waals surface area contributed by atoms with E-state index >= 15 is 0 Å². The molecule has 1 aromatic heterocycles. The Bertz CT molecular complexity index is 915. The lowest BCUT2D eigenvalue weighted by Gasteiger charge is -2.29. The van der Waals surface area contributed by atoms with E-state index in [0.29, 0.717) is 13.1 Å². The summed E-state index contributed by atoms with van der Waals surface area (Å²) in [6.45, 7) is 4.79. The van der Waals surface area contributed by atoms with E-state index in [-0.39, 0.29) is 6.03 Å². The molecule has 0 saturated heterocycles. The van der Waals surface area contributed by atoms with Crippen molar-refractivity contribution in [2.75, 3.05) is 13.1 Å². The summed E-state index contributed by atoms with van der Waals surface area (Å²) in [5.41, 5.74) is 4.72. The molecular formula is C20H22N4O. The molecule has 2 aromatic carbocycles. The van der Waals surface area contributed by atoms with Crippen molar-refractivity contribution < 1.29 is 4.79 Å². The number of hydrogen-bond acceptors (Lipinski definition) is 2. The van der Waals surface area contributed by atoms with Gasteiger partial charge in [0.25, 0.3) is 0 Å².